The number of carboxylic acid groups (broad SMARTS) is 1. The average molecular weight is 479 g/mol. The Kier molecular flexibility index (Phi) is 7.62. The zero-order chi connectivity index (χ0) is 25.3. The molecule has 0 aliphatic carbocycles. The van der Waals surface area contributed by atoms with Gasteiger partial charge in [0.2, 0.25) is 0 Å². The molecule has 1 heterocycles. The predicted octanol–water partition coefficient (Wildman–Crippen LogP) is 5.27. The average Bonchev–Trinajstić information content (AvgIpc) is 2.72. The molecule has 0 amide bonds. The van der Waals surface area contributed by atoms with Crippen LogP contribution in [0.5, 0.6) is 5.75 Å². The molecule has 1 aliphatic rings. The van der Waals surface area contributed by atoms with Crippen molar-refractivity contribution in [2.24, 2.45) is 0 Å². The molecule has 2 aromatic carbocycles. The number of hydrogen-bond donors (Lipinski definition) is 1. The van der Waals surface area contributed by atoms with Crippen molar-refractivity contribution in [2.75, 3.05) is 19.6 Å². The molecule has 1 atom stereocenters. The lowest BCUT2D eigenvalue weighted by Gasteiger charge is -2.40. The number of carbonyl (C=O) groups is 1. The van der Waals surface area contributed by atoms with E-state index in [1.165, 1.54) is 13.8 Å². The molecule has 186 valence electrons. The van der Waals surface area contributed by atoms with Crippen LogP contribution in [0.4, 0.5) is 13.2 Å². The highest BCUT2D eigenvalue weighted by molar-refractivity contribution is 5.77. The molecule has 0 spiro atoms. The molecular weight excluding hydrogens is 445 g/mol. The maximum absolute atomic E-state index is 12.8. The molecule has 34 heavy (non-hydrogen) atoms. The molecule has 0 unspecified atom stereocenters. The largest absolute Gasteiger partial charge is 0.478 e. The Hall–Kier alpha value is -2.58. The first-order chi connectivity index (χ1) is 15.8. The first-order valence-electron chi connectivity index (χ1n) is 11.4. The van der Waals surface area contributed by atoms with Gasteiger partial charge in [-0.15, -0.1) is 0 Å². The zero-order valence-electron chi connectivity index (χ0n) is 20.4. The highest BCUT2D eigenvalue weighted by atomic mass is 19.4. The van der Waals surface area contributed by atoms with Gasteiger partial charge in [0.1, 0.15) is 5.75 Å². The van der Waals surface area contributed by atoms with Gasteiger partial charge < -0.3 is 9.84 Å². The molecule has 1 N–H and O–H groups in total. The van der Waals surface area contributed by atoms with Gasteiger partial charge in [0, 0.05) is 38.8 Å². The molecule has 1 saturated heterocycles. The Labute approximate surface area is 199 Å². The third-order valence-electron chi connectivity index (χ3n) is 6.31. The van der Waals surface area contributed by atoms with Crippen LogP contribution < -0.4 is 4.74 Å². The van der Waals surface area contributed by atoms with E-state index in [4.69, 9.17) is 4.74 Å². The van der Waals surface area contributed by atoms with Crippen LogP contribution in [0.3, 0.4) is 0 Å². The van der Waals surface area contributed by atoms with Crippen molar-refractivity contribution >= 4 is 5.97 Å². The molecule has 0 aromatic heterocycles. The van der Waals surface area contributed by atoms with E-state index in [2.05, 4.69) is 16.7 Å². The Morgan fingerprint density at radius 2 is 1.62 bits per heavy atom. The van der Waals surface area contributed by atoms with Crippen molar-refractivity contribution in [2.45, 2.75) is 65.5 Å². The molecule has 0 saturated carbocycles. The Balaban J connectivity index is 1.60. The summed E-state index contributed by atoms with van der Waals surface area (Å²) in [5, 5.41) is 9.36. The highest BCUT2D eigenvalue weighted by Gasteiger charge is 2.31. The van der Waals surface area contributed by atoms with Crippen molar-refractivity contribution in [1.29, 1.82) is 0 Å². The fourth-order valence-electron chi connectivity index (χ4n) is 4.33. The predicted molar refractivity (Wildman–Crippen MR) is 125 cm³/mol. The van der Waals surface area contributed by atoms with Gasteiger partial charge in [-0.3, -0.25) is 9.80 Å². The summed E-state index contributed by atoms with van der Waals surface area (Å²) in [5.74, 6) is -0.413. The maximum atomic E-state index is 12.8. The van der Waals surface area contributed by atoms with Crippen LogP contribution in [0.25, 0.3) is 0 Å². The number of benzene rings is 2. The van der Waals surface area contributed by atoms with Crippen LogP contribution in [-0.4, -0.2) is 52.2 Å². The lowest BCUT2D eigenvalue weighted by Crippen LogP contribution is -2.50. The smallest absolute Gasteiger partial charge is 0.416 e. The van der Waals surface area contributed by atoms with E-state index in [1.54, 1.807) is 12.1 Å². The maximum Gasteiger partial charge on any atom is 0.416 e. The van der Waals surface area contributed by atoms with Gasteiger partial charge in [-0.1, -0.05) is 24.3 Å². The highest BCUT2D eigenvalue weighted by Crippen LogP contribution is 2.31. The minimum absolute atomic E-state index is 0.283. The fraction of sp³-hybridized carbons (Fsp3) is 0.500. The minimum Gasteiger partial charge on any atom is -0.478 e. The van der Waals surface area contributed by atoms with E-state index < -0.39 is 23.3 Å². The van der Waals surface area contributed by atoms with Crippen LogP contribution in [0.1, 0.15) is 48.6 Å². The van der Waals surface area contributed by atoms with E-state index in [0.717, 1.165) is 60.6 Å². The molecule has 8 heteroatoms. The second kappa shape index (κ2) is 9.96. The van der Waals surface area contributed by atoms with E-state index in [9.17, 15) is 23.1 Å². The second-order valence-corrected chi connectivity index (χ2v) is 9.73. The number of nitrogens with zero attached hydrogens (tertiary/aromatic N) is 2. The summed E-state index contributed by atoms with van der Waals surface area (Å²) in [6, 6.07) is 9.77. The SMILES string of the molecule is Cc1cc(CN2CCN(Cc3ccc(C(F)(F)F)cc3)C[C@H]2C)cc(C)c1OC(C)(C)C(=O)O. The van der Waals surface area contributed by atoms with Crippen molar-refractivity contribution in [3.63, 3.8) is 0 Å². The van der Waals surface area contributed by atoms with Crippen LogP contribution in [-0.2, 0) is 24.1 Å². The summed E-state index contributed by atoms with van der Waals surface area (Å²) in [6.45, 7) is 13.0. The lowest BCUT2D eigenvalue weighted by atomic mass is 10.0. The first kappa shape index (κ1) is 26.0. The quantitative estimate of drug-likeness (QED) is 0.588. The van der Waals surface area contributed by atoms with Gasteiger partial charge >= 0.3 is 12.1 Å². The molecular formula is C26H33F3N2O3. The Morgan fingerprint density at radius 3 is 2.12 bits per heavy atom. The molecule has 0 radical (unpaired) electrons. The second-order valence-electron chi connectivity index (χ2n) is 9.73. The molecule has 0 bridgehead atoms. The monoisotopic (exact) mass is 478 g/mol. The zero-order valence-corrected chi connectivity index (χ0v) is 20.4. The number of aryl methyl sites for hydroxylation is 2. The summed E-state index contributed by atoms with van der Waals surface area (Å²) in [5.41, 5.74) is 1.88. The molecule has 1 aliphatic heterocycles. The summed E-state index contributed by atoms with van der Waals surface area (Å²) >= 11 is 0. The first-order valence-corrected chi connectivity index (χ1v) is 11.4. The van der Waals surface area contributed by atoms with Gasteiger partial charge in [0.25, 0.3) is 0 Å². The molecule has 3 rings (SSSR count). The Morgan fingerprint density at radius 1 is 1.03 bits per heavy atom. The van der Waals surface area contributed by atoms with Gasteiger partial charge in [-0.25, -0.2) is 4.79 Å². The summed E-state index contributed by atoms with van der Waals surface area (Å²) in [6.07, 6.45) is -4.31. The van der Waals surface area contributed by atoms with E-state index in [0.29, 0.717) is 12.3 Å². The van der Waals surface area contributed by atoms with Crippen molar-refractivity contribution in [3.8, 4) is 5.75 Å². The van der Waals surface area contributed by atoms with Gasteiger partial charge in [0.05, 0.1) is 5.56 Å². The number of aliphatic carboxylic acids is 1. The van der Waals surface area contributed by atoms with Crippen molar-refractivity contribution in [1.82, 2.24) is 9.80 Å². The topological polar surface area (TPSA) is 53.0 Å². The van der Waals surface area contributed by atoms with Crippen molar-refractivity contribution in [3.05, 3.63) is 64.2 Å². The molecule has 5 nitrogen and oxygen atoms in total. The number of ether oxygens (including phenoxy) is 1. The number of rotatable bonds is 7. The van der Waals surface area contributed by atoms with Crippen LogP contribution >= 0.6 is 0 Å². The third-order valence-corrected chi connectivity index (χ3v) is 6.31. The molecule has 1 fully saturated rings. The Bertz CT molecular complexity index is 996. The van der Waals surface area contributed by atoms with E-state index in [-0.39, 0.29) is 6.04 Å². The number of alkyl halides is 3. The normalized spacial score (nSPS) is 18.2. The number of piperazine rings is 1. The fourth-order valence-corrected chi connectivity index (χ4v) is 4.33. The summed E-state index contributed by atoms with van der Waals surface area (Å²) in [7, 11) is 0. The number of carboxylic acids is 1. The van der Waals surface area contributed by atoms with Crippen LogP contribution in [0, 0.1) is 13.8 Å². The van der Waals surface area contributed by atoms with Crippen molar-refractivity contribution < 1.29 is 27.8 Å². The third kappa shape index (κ3) is 6.30. The lowest BCUT2D eigenvalue weighted by molar-refractivity contribution is -0.152. The standard InChI is InChI=1S/C26H33F3N2O3/c1-17-12-21(13-18(2)23(17)34-25(4,5)24(32)33)16-31-11-10-30(14-19(31)3)15-20-6-8-22(9-7-20)26(27,28)29/h6-9,12-13,19H,10-11,14-16H2,1-5H3,(H,32,33)/t19-/m1/s1. The summed E-state index contributed by atoms with van der Waals surface area (Å²) in [4.78, 5) is 16.1. The van der Waals surface area contributed by atoms with Gasteiger partial charge in [-0.2, -0.15) is 13.2 Å². The van der Waals surface area contributed by atoms with Crippen LogP contribution in [0.2, 0.25) is 0 Å². The van der Waals surface area contributed by atoms with E-state index in [1.807, 2.05) is 26.0 Å². The minimum atomic E-state index is -4.31. The molecule has 2 aromatic rings. The van der Waals surface area contributed by atoms with Crippen LogP contribution in [0.15, 0.2) is 36.4 Å². The van der Waals surface area contributed by atoms with E-state index >= 15 is 0 Å². The van der Waals surface area contributed by atoms with Gasteiger partial charge in [-0.05, 0) is 69.0 Å². The number of hydrogen-bond acceptors (Lipinski definition) is 4. The summed E-state index contributed by atoms with van der Waals surface area (Å²) < 4.78 is 44.1. The van der Waals surface area contributed by atoms with Gasteiger partial charge in [0.15, 0.2) is 5.60 Å². The number of halogens is 3.